The van der Waals surface area contributed by atoms with E-state index in [2.05, 4.69) is 5.32 Å². The van der Waals surface area contributed by atoms with Crippen LogP contribution in [0.15, 0.2) is 53.4 Å². The zero-order chi connectivity index (χ0) is 29.6. The van der Waals surface area contributed by atoms with E-state index in [9.17, 15) is 23.4 Å². The van der Waals surface area contributed by atoms with Crippen LogP contribution in [0.1, 0.15) is 31.4 Å². The summed E-state index contributed by atoms with van der Waals surface area (Å²) in [4.78, 5) is 13.1. The third kappa shape index (κ3) is 7.97. The molecule has 226 valence electrons. The molecule has 0 saturated carbocycles. The van der Waals surface area contributed by atoms with E-state index in [-0.39, 0.29) is 55.7 Å². The minimum absolute atomic E-state index is 0.0263. The number of amides is 1. The highest BCUT2D eigenvalue weighted by molar-refractivity contribution is 7.89. The summed E-state index contributed by atoms with van der Waals surface area (Å²) < 4.78 is 50.4. The summed E-state index contributed by atoms with van der Waals surface area (Å²) in [5, 5.41) is 23.6. The van der Waals surface area contributed by atoms with Crippen molar-refractivity contribution < 1.29 is 42.4 Å². The number of ether oxygens (including phenoxy) is 4. The number of hydrogen-bond acceptors (Lipinski definition) is 9. The van der Waals surface area contributed by atoms with Gasteiger partial charge in [0.05, 0.1) is 49.9 Å². The van der Waals surface area contributed by atoms with Gasteiger partial charge < -0.3 is 34.5 Å². The van der Waals surface area contributed by atoms with Gasteiger partial charge in [-0.15, -0.1) is 0 Å². The zero-order valence-corrected chi connectivity index (χ0v) is 24.5. The monoisotopic (exact) mass is 592 g/mol. The van der Waals surface area contributed by atoms with Crippen LogP contribution < -0.4 is 10.1 Å². The van der Waals surface area contributed by atoms with Gasteiger partial charge >= 0.3 is 6.09 Å². The summed E-state index contributed by atoms with van der Waals surface area (Å²) in [5.41, 5.74) is 1.51. The summed E-state index contributed by atoms with van der Waals surface area (Å²) in [6.07, 6.45) is -1.93. The number of rotatable bonds is 13. The number of aliphatic hydroxyl groups excluding tert-OH is 2. The molecule has 2 heterocycles. The molecule has 2 saturated heterocycles. The van der Waals surface area contributed by atoms with Crippen LogP contribution in [0.4, 0.5) is 4.79 Å². The lowest BCUT2D eigenvalue weighted by molar-refractivity contribution is -0.0907. The first-order valence-corrected chi connectivity index (χ1v) is 15.3. The van der Waals surface area contributed by atoms with Crippen molar-refractivity contribution in [1.29, 1.82) is 0 Å². The maximum Gasteiger partial charge on any atom is 0.407 e. The molecule has 0 spiro atoms. The molecule has 0 radical (unpaired) electrons. The van der Waals surface area contributed by atoms with Crippen LogP contribution in [-0.2, 0) is 37.3 Å². The molecular formula is C29H40N2O9S. The Morgan fingerprint density at radius 1 is 1.07 bits per heavy atom. The zero-order valence-electron chi connectivity index (χ0n) is 23.6. The van der Waals surface area contributed by atoms with Gasteiger partial charge in [-0.3, -0.25) is 0 Å². The Bertz CT molecular complexity index is 1240. The minimum atomic E-state index is -3.97. The van der Waals surface area contributed by atoms with Crippen molar-refractivity contribution in [2.45, 2.75) is 62.7 Å². The average molecular weight is 593 g/mol. The molecule has 12 heteroatoms. The summed E-state index contributed by atoms with van der Waals surface area (Å²) >= 11 is 0. The van der Waals surface area contributed by atoms with Gasteiger partial charge in [0.15, 0.2) is 6.29 Å². The molecule has 1 unspecified atom stereocenters. The Labute approximate surface area is 241 Å². The van der Waals surface area contributed by atoms with Crippen molar-refractivity contribution in [2.24, 2.45) is 11.8 Å². The number of nitrogens with one attached hydrogen (secondary N) is 1. The molecule has 0 aromatic heterocycles. The van der Waals surface area contributed by atoms with E-state index in [4.69, 9.17) is 18.9 Å². The van der Waals surface area contributed by atoms with Crippen LogP contribution in [-0.4, -0.2) is 87.0 Å². The van der Waals surface area contributed by atoms with E-state index < -0.39 is 34.4 Å². The second-order valence-electron chi connectivity index (χ2n) is 10.9. The predicted molar refractivity (Wildman–Crippen MR) is 150 cm³/mol. The fourth-order valence-electron chi connectivity index (χ4n) is 5.10. The molecule has 2 aliphatic rings. The van der Waals surface area contributed by atoms with Crippen LogP contribution >= 0.6 is 0 Å². The van der Waals surface area contributed by atoms with Crippen LogP contribution in [0.5, 0.6) is 5.75 Å². The summed E-state index contributed by atoms with van der Waals surface area (Å²) in [5.74, 6) is 0.449. The molecule has 0 aliphatic carbocycles. The second kappa shape index (κ2) is 14.0. The summed E-state index contributed by atoms with van der Waals surface area (Å²) in [6, 6.07) is 12.3. The van der Waals surface area contributed by atoms with Crippen molar-refractivity contribution in [2.75, 3.05) is 33.4 Å². The highest BCUT2D eigenvalue weighted by Gasteiger charge is 2.44. The number of carbonyl (C=O) groups is 1. The van der Waals surface area contributed by atoms with E-state index >= 15 is 0 Å². The molecule has 4 rings (SSSR count). The number of methoxy groups -OCH3 is 1. The predicted octanol–water partition coefficient (Wildman–Crippen LogP) is 2.29. The van der Waals surface area contributed by atoms with Gasteiger partial charge in [-0.2, -0.15) is 4.31 Å². The van der Waals surface area contributed by atoms with E-state index in [0.717, 1.165) is 17.5 Å². The van der Waals surface area contributed by atoms with E-state index in [0.29, 0.717) is 12.4 Å². The van der Waals surface area contributed by atoms with Crippen LogP contribution in [0.3, 0.4) is 0 Å². The van der Waals surface area contributed by atoms with Gasteiger partial charge in [0.2, 0.25) is 10.0 Å². The molecule has 2 aromatic carbocycles. The number of nitrogens with zero attached hydrogens (tertiary/aromatic N) is 1. The standard InChI is InChI=1S/C29H40N2O9S/c1-19(2)15-31(41(35,36)23-10-8-22(37-3)9-11-23)16-26(33)25(14-20-4-6-21(17-32)7-5-20)30-29(34)40-27-18-39-28-24(27)12-13-38-28/h4-11,19,24-28,32-33H,12-18H2,1-3H3,(H,30,34)/t24-,25-,26+,27?,28+/m0/s1. The van der Waals surface area contributed by atoms with Crippen molar-refractivity contribution in [3.63, 3.8) is 0 Å². The van der Waals surface area contributed by atoms with E-state index in [1.807, 2.05) is 13.8 Å². The number of fused-ring (bicyclic) bond motifs is 1. The number of benzene rings is 2. The maximum atomic E-state index is 13.6. The lowest BCUT2D eigenvalue weighted by atomic mass is 10.00. The lowest BCUT2D eigenvalue weighted by Crippen LogP contribution is -2.51. The first-order valence-electron chi connectivity index (χ1n) is 13.8. The van der Waals surface area contributed by atoms with Crippen molar-refractivity contribution in [1.82, 2.24) is 9.62 Å². The number of hydrogen-bond donors (Lipinski definition) is 3. The van der Waals surface area contributed by atoms with Gasteiger partial charge in [-0.05, 0) is 54.2 Å². The molecular weight excluding hydrogens is 552 g/mol. The first-order chi connectivity index (χ1) is 19.6. The number of sulfonamides is 1. The molecule has 2 aromatic rings. The summed E-state index contributed by atoms with van der Waals surface area (Å²) in [7, 11) is -2.47. The third-order valence-electron chi connectivity index (χ3n) is 7.33. The molecule has 3 N–H and O–H groups in total. The fraction of sp³-hybridized carbons (Fsp3) is 0.552. The normalized spacial score (nSPS) is 22.0. The highest BCUT2D eigenvalue weighted by atomic mass is 32.2. The number of carbonyl (C=O) groups excluding carboxylic acids is 1. The van der Waals surface area contributed by atoms with Gasteiger partial charge in [0.1, 0.15) is 11.9 Å². The quantitative estimate of drug-likeness (QED) is 0.319. The molecule has 5 atom stereocenters. The Morgan fingerprint density at radius 2 is 1.76 bits per heavy atom. The fourth-order valence-corrected chi connectivity index (χ4v) is 6.72. The maximum absolute atomic E-state index is 13.6. The lowest BCUT2D eigenvalue weighted by Gasteiger charge is -2.31. The molecule has 1 amide bonds. The first kappa shape index (κ1) is 31.2. The Morgan fingerprint density at radius 3 is 2.39 bits per heavy atom. The summed E-state index contributed by atoms with van der Waals surface area (Å²) in [6.45, 7) is 4.34. The Balaban J connectivity index is 1.53. The van der Waals surface area contributed by atoms with Crippen molar-refractivity contribution >= 4 is 16.1 Å². The van der Waals surface area contributed by atoms with Crippen LogP contribution in [0.25, 0.3) is 0 Å². The number of aliphatic hydroxyl groups is 2. The van der Waals surface area contributed by atoms with Gasteiger partial charge in [-0.25, -0.2) is 13.2 Å². The largest absolute Gasteiger partial charge is 0.497 e. The SMILES string of the molecule is COc1ccc(S(=O)(=O)N(CC(C)C)C[C@@H](O)[C@H](Cc2ccc(CO)cc2)NC(=O)OC2CO[C@H]3OCC[C@@H]23)cc1. The minimum Gasteiger partial charge on any atom is -0.497 e. The van der Waals surface area contributed by atoms with E-state index in [1.165, 1.54) is 23.5 Å². The molecule has 11 nitrogen and oxygen atoms in total. The molecule has 0 bridgehead atoms. The Kier molecular flexibility index (Phi) is 10.6. The molecule has 2 fully saturated rings. The van der Waals surface area contributed by atoms with Gasteiger partial charge in [0, 0.05) is 13.1 Å². The highest BCUT2D eigenvalue weighted by Crippen LogP contribution is 2.33. The topological polar surface area (TPSA) is 144 Å². The average Bonchev–Trinajstić information content (AvgIpc) is 3.57. The molecule has 2 aliphatic heterocycles. The van der Waals surface area contributed by atoms with E-state index in [1.54, 1.807) is 36.4 Å². The van der Waals surface area contributed by atoms with Crippen LogP contribution in [0, 0.1) is 11.8 Å². The van der Waals surface area contributed by atoms with Crippen molar-refractivity contribution in [3.05, 3.63) is 59.7 Å². The third-order valence-corrected chi connectivity index (χ3v) is 9.18. The van der Waals surface area contributed by atoms with Crippen molar-refractivity contribution in [3.8, 4) is 5.75 Å². The van der Waals surface area contributed by atoms with Gasteiger partial charge in [-0.1, -0.05) is 38.1 Å². The Hall–Kier alpha value is -2.74. The van der Waals surface area contributed by atoms with Crippen LogP contribution in [0.2, 0.25) is 0 Å². The molecule has 41 heavy (non-hydrogen) atoms. The number of alkyl carbamates (subject to hydrolysis) is 1. The second-order valence-corrected chi connectivity index (χ2v) is 12.8. The smallest absolute Gasteiger partial charge is 0.407 e. The van der Waals surface area contributed by atoms with Gasteiger partial charge in [0.25, 0.3) is 0 Å².